The fourth-order valence-electron chi connectivity index (χ4n) is 3.42. The Bertz CT molecular complexity index is 1130. The van der Waals surface area contributed by atoms with E-state index in [0.717, 1.165) is 39.6 Å². The Balaban J connectivity index is 1.67. The molecule has 0 saturated heterocycles. The number of hydrogen-bond donors (Lipinski definition) is 0. The van der Waals surface area contributed by atoms with Crippen LogP contribution in [0.25, 0.3) is 22.4 Å². The second-order valence-corrected chi connectivity index (χ2v) is 6.40. The number of benzene rings is 3. The number of para-hydroxylation sites is 2. The minimum atomic E-state index is 0.848. The van der Waals surface area contributed by atoms with E-state index < -0.39 is 0 Å². The van der Waals surface area contributed by atoms with Gasteiger partial charge in [0.1, 0.15) is 12.2 Å². The maximum atomic E-state index is 4.90. The molecule has 4 aromatic rings. The molecule has 5 rings (SSSR count). The Labute approximate surface area is 158 Å². The van der Waals surface area contributed by atoms with Crippen LogP contribution in [0.2, 0.25) is 0 Å². The first kappa shape index (κ1) is 15.5. The van der Waals surface area contributed by atoms with Crippen LogP contribution in [0.4, 0.5) is 17.2 Å². The second-order valence-electron chi connectivity index (χ2n) is 6.40. The zero-order valence-corrected chi connectivity index (χ0v) is 14.7. The van der Waals surface area contributed by atoms with Crippen LogP contribution in [0.1, 0.15) is 0 Å². The van der Waals surface area contributed by atoms with Gasteiger partial charge in [-0.25, -0.2) is 9.98 Å². The molecule has 1 aliphatic heterocycles. The number of hydrogen-bond acceptors (Lipinski definition) is 3. The third-order valence-corrected chi connectivity index (χ3v) is 4.72. The summed E-state index contributed by atoms with van der Waals surface area (Å²) in [5.41, 5.74) is 6.36. The van der Waals surface area contributed by atoms with Gasteiger partial charge in [0.05, 0.1) is 17.1 Å². The molecule has 0 spiro atoms. The van der Waals surface area contributed by atoms with E-state index in [9.17, 15) is 0 Å². The summed E-state index contributed by atoms with van der Waals surface area (Å²) in [7, 11) is 0. The van der Waals surface area contributed by atoms with E-state index in [1.165, 1.54) is 0 Å². The first-order chi connectivity index (χ1) is 13.4. The fraction of sp³-hybridized carbons (Fsp3) is 0. The Kier molecular flexibility index (Phi) is 3.76. The number of nitrogens with zero attached hydrogens (tertiary/aromatic N) is 3. The largest absolute Gasteiger partial charge is 0.284 e. The van der Waals surface area contributed by atoms with Crippen LogP contribution in [0.3, 0.4) is 0 Å². The molecule has 3 heteroatoms. The first-order valence-corrected chi connectivity index (χ1v) is 8.94. The van der Waals surface area contributed by atoms with Gasteiger partial charge >= 0.3 is 0 Å². The van der Waals surface area contributed by atoms with Gasteiger partial charge in [0, 0.05) is 16.7 Å². The standard InChI is InChI=1S/C24H17N3/c1-2-9-18(10-3-1)21-14-8-16-24(26-21)27-17-25-22-13-6-4-11-19(22)20-12-5-7-15-23(20)27/h1-17H. The van der Waals surface area contributed by atoms with Crippen LogP contribution in [-0.2, 0) is 0 Å². The minimum Gasteiger partial charge on any atom is -0.284 e. The Morgan fingerprint density at radius 2 is 1.33 bits per heavy atom. The van der Waals surface area contributed by atoms with Crippen molar-refractivity contribution in [2.75, 3.05) is 4.90 Å². The molecule has 27 heavy (non-hydrogen) atoms. The van der Waals surface area contributed by atoms with Crippen molar-refractivity contribution in [2.24, 2.45) is 4.99 Å². The molecule has 0 fully saturated rings. The van der Waals surface area contributed by atoms with Crippen molar-refractivity contribution in [2.45, 2.75) is 0 Å². The molecule has 128 valence electrons. The molecule has 0 bridgehead atoms. The zero-order valence-electron chi connectivity index (χ0n) is 14.7. The summed E-state index contributed by atoms with van der Waals surface area (Å²) in [6.45, 7) is 0. The van der Waals surface area contributed by atoms with E-state index >= 15 is 0 Å². The van der Waals surface area contributed by atoms with Crippen LogP contribution >= 0.6 is 0 Å². The Hall–Kier alpha value is -3.72. The summed E-state index contributed by atoms with van der Waals surface area (Å²) in [5.74, 6) is 0.848. The number of rotatable bonds is 2. The molecular formula is C24H17N3. The van der Waals surface area contributed by atoms with Gasteiger partial charge in [-0.2, -0.15) is 0 Å². The van der Waals surface area contributed by atoms with Gasteiger partial charge in [-0.3, -0.25) is 4.90 Å². The quantitative estimate of drug-likeness (QED) is 0.430. The molecule has 1 aliphatic rings. The van der Waals surface area contributed by atoms with Crippen molar-refractivity contribution in [3.8, 4) is 22.4 Å². The molecule has 3 nitrogen and oxygen atoms in total. The van der Waals surface area contributed by atoms with E-state index in [1.54, 1.807) is 0 Å². The zero-order chi connectivity index (χ0) is 18.1. The number of anilines is 2. The molecule has 0 aliphatic carbocycles. The van der Waals surface area contributed by atoms with Gasteiger partial charge in [0.15, 0.2) is 0 Å². The molecule has 1 aromatic heterocycles. The average Bonchev–Trinajstić information content (AvgIpc) is 2.92. The van der Waals surface area contributed by atoms with Gasteiger partial charge in [-0.15, -0.1) is 0 Å². The van der Waals surface area contributed by atoms with Crippen molar-refractivity contribution in [3.05, 3.63) is 97.1 Å². The molecule has 2 heterocycles. The van der Waals surface area contributed by atoms with Gasteiger partial charge in [0.25, 0.3) is 0 Å². The molecule has 0 unspecified atom stereocenters. The average molecular weight is 347 g/mol. The van der Waals surface area contributed by atoms with Crippen LogP contribution in [-0.4, -0.2) is 11.3 Å². The lowest BCUT2D eigenvalue weighted by atomic mass is 10.0. The van der Waals surface area contributed by atoms with Crippen molar-refractivity contribution < 1.29 is 0 Å². The second kappa shape index (κ2) is 6.54. The summed E-state index contributed by atoms with van der Waals surface area (Å²) < 4.78 is 0. The van der Waals surface area contributed by atoms with Crippen LogP contribution < -0.4 is 4.90 Å². The minimum absolute atomic E-state index is 0.848. The monoisotopic (exact) mass is 347 g/mol. The predicted molar refractivity (Wildman–Crippen MR) is 112 cm³/mol. The normalized spacial score (nSPS) is 12.2. The number of pyridine rings is 1. The summed E-state index contributed by atoms with van der Waals surface area (Å²) in [5, 5.41) is 0. The Morgan fingerprint density at radius 1 is 0.593 bits per heavy atom. The lowest BCUT2D eigenvalue weighted by Crippen LogP contribution is -2.15. The smallest absolute Gasteiger partial charge is 0.138 e. The Morgan fingerprint density at radius 3 is 2.22 bits per heavy atom. The fourth-order valence-corrected chi connectivity index (χ4v) is 3.42. The predicted octanol–water partition coefficient (Wildman–Crippen LogP) is 6.23. The van der Waals surface area contributed by atoms with Crippen molar-refractivity contribution >= 4 is 23.5 Å². The van der Waals surface area contributed by atoms with Crippen molar-refractivity contribution in [3.63, 3.8) is 0 Å². The molecule has 3 aromatic carbocycles. The maximum Gasteiger partial charge on any atom is 0.138 e. The third kappa shape index (κ3) is 2.79. The lowest BCUT2D eigenvalue weighted by molar-refractivity contribution is 1.23. The molecule has 0 saturated carbocycles. The third-order valence-electron chi connectivity index (χ3n) is 4.72. The van der Waals surface area contributed by atoms with Crippen LogP contribution in [0.15, 0.2) is 102 Å². The van der Waals surface area contributed by atoms with Crippen LogP contribution in [0, 0.1) is 0 Å². The summed E-state index contributed by atoms with van der Waals surface area (Å²) >= 11 is 0. The summed E-state index contributed by atoms with van der Waals surface area (Å²) in [6.07, 6.45) is 1.86. The van der Waals surface area contributed by atoms with Gasteiger partial charge < -0.3 is 0 Å². The summed E-state index contributed by atoms with van der Waals surface area (Å²) in [6, 6.07) is 32.9. The topological polar surface area (TPSA) is 28.5 Å². The SMILES string of the molecule is C1=Nc2ccccc2-c2ccccc2N1c1cccc(-c2ccccc2)n1. The highest BCUT2D eigenvalue weighted by atomic mass is 15.2. The van der Waals surface area contributed by atoms with E-state index in [-0.39, 0.29) is 0 Å². The first-order valence-electron chi connectivity index (χ1n) is 8.94. The van der Waals surface area contributed by atoms with E-state index in [4.69, 9.17) is 9.98 Å². The number of aliphatic imine (C=N–C) groups is 1. The van der Waals surface area contributed by atoms with Gasteiger partial charge in [-0.1, -0.05) is 72.8 Å². The number of fused-ring (bicyclic) bond motifs is 3. The van der Waals surface area contributed by atoms with Crippen molar-refractivity contribution in [1.29, 1.82) is 0 Å². The van der Waals surface area contributed by atoms with Crippen molar-refractivity contribution in [1.82, 2.24) is 4.98 Å². The van der Waals surface area contributed by atoms with Crippen LogP contribution in [0.5, 0.6) is 0 Å². The highest BCUT2D eigenvalue weighted by Crippen LogP contribution is 2.40. The highest BCUT2D eigenvalue weighted by Gasteiger charge is 2.19. The molecule has 0 atom stereocenters. The molecule has 0 N–H and O–H groups in total. The summed E-state index contributed by atoms with van der Waals surface area (Å²) in [4.78, 5) is 11.7. The highest BCUT2D eigenvalue weighted by molar-refractivity contribution is 6.00. The van der Waals surface area contributed by atoms with E-state index in [0.29, 0.717) is 0 Å². The van der Waals surface area contributed by atoms with Gasteiger partial charge in [0.2, 0.25) is 0 Å². The molecular weight excluding hydrogens is 330 g/mol. The lowest BCUT2D eigenvalue weighted by Gasteiger charge is -2.20. The van der Waals surface area contributed by atoms with E-state index in [1.807, 2.05) is 54.9 Å². The molecule has 0 amide bonds. The maximum absolute atomic E-state index is 4.90. The molecule has 0 radical (unpaired) electrons. The number of aromatic nitrogens is 1. The van der Waals surface area contributed by atoms with E-state index in [2.05, 4.69) is 53.4 Å². The van der Waals surface area contributed by atoms with Gasteiger partial charge in [-0.05, 0) is 24.3 Å².